The van der Waals surface area contributed by atoms with E-state index in [2.05, 4.69) is 24.8 Å². The largest absolute Gasteiger partial charge is 0.314 e. The van der Waals surface area contributed by atoms with Gasteiger partial charge in [0.2, 0.25) is 0 Å². The van der Waals surface area contributed by atoms with Crippen molar-refractivity contribution in [3.63, 3.8) is 0 Å². The molecule has 0 radical (unpaired) electrons. The first kappa shape index (κ1) is 13.5. The lowest BCUT2D eigenvalue weighted by molar-refractivity contribution is 0.100. The van der Waals surface area contributed by atoms with E-state index in [4.69, 9.17) is 11.0 Å². The minimum Gasteiger partial charge on any atom is -0.314 e. The predicted molar refractivity (Wildman–Crippen MR) is 66.9 cm³/mol. The molecule has 1 unspecified atom stereocenters. The number of nitrogens with two attached hydrogens (primary N) is 1. The minimum atomic E-state index is -0.651. The van der Waals surface area contributed by atoms with Crippen LogP contribution in [-0.2, 0) is 0 Å². The van der Waals surface area contributed by atoms with Gasteiger partial charge in [-0.25, -0.2) is 0 Å². The number of piperidine rings is 1. The van der Waals surface area contributed by atoms with Gasteiger partial charge in [0.25, 0.3) is 0 Å². The van der Waals surface area contributed by atoms with Crippen LogP contribution < -0.4 is 5.73 Å². The first-order valence-electron chi connectivity index (χ1n) is 6.42. The maximum absolute atomic E-state index is 8.85. The molecule has 0 aliphatic carbocycles. The van der Waals surface area contributed by atoms with Gasteiger partial charge >= 0.3 is 0 Å². The van der Waals surface area contributed by atoms with Crippen LogP contribution in [0.5, 0.6) is 0 Å². The van der Waals surface area contributed by atoms with Crippen molar-refractivity contribution in [3.05, 3.63) is 0 Å². The molecule has 2 N–H and O–H groups in total. The lowest BCUT2D eigenvalue weighted by Gasteiger charge is -2.39. The van der Waals surface area contributed by atoms with Crippen LogP contribution in [0, 0.1) is 11.3 Å². The number of hydrogen-bond donors (Lipinski definition) is 1. The molecule has 3 nitrogen and oxygen atoms in total. The van der Waals surface area contributed by atoms with Gasteiger partial charge in [0.1, 0.15) is 5.54 Å². The second kappa shape index (κ2) is 5.65. The second-order valence-electron chi connectivity index (χ2n) is 5.50. The predicted octanol–water partition coefficient (Wildman–Crippen LogP) is 2.27. The highest BCUT2D eigenvalue weighted by Crippen LogP contribution is 2.23. The van der Waals surface area contributed by atoms with Crippen molar-refractivity contribution in [2.45, 2.75) is 70.5 Å². The van der Waals surface area contributed by atoms with Crippen molar-refractivity contribution in [2.24, 2.45) is 5.73 Å². The molecule has 0 aromatic carbocycles. The molecule has 3 atom stereocenters. The molecule has 0 amide bonds. The molecule has 0 aromatic rings. The van der Waals surface area contributed by atoms with Gasteiger partial charge in [0, 0.05) is 12.1 Å². The third kappa shape index (κ3) is 3.77. The van der Waals surface area contributed by atoms with E-state index in [1.165, 1.54) is 19.3 Å². The molecule has 16 heavy (non-hydrogen) atoms. The number of nitrogens with zero attached hydrogens (tertiary/aromatic N) is 2. The molecule has 1 fully saturated rings. The molecule has 0 bridgehead atoms. The summed E-state index contributed by atoms with van der Waals surface area (Å²) in [5.41, 5.74) is 5.17. The van der Waals surface area contributed by atoms with Crippen molar-refractivity contribution in [3.8, 4) is 6.07 Å². The molecule has 1 aliphatic heterocycles. The first-order chi connectivity index (χ1) is 7.46. The normalized spacial score (nSPS) is 30.7. The fourth-order valence-electron chi connectivity index (χ4n) is 2.60. The van der Waals surface area contributed by atoms with E-state index in [1.807, 2.05) is 6.92 Å². The molecule has 3 heteroatoms. The van der Waals surface area contributed by atoms with Crippen molar-refractivity contribution < 1.29 is 0 Å². The van der Waals surface area contributed by atoms with E-state index >= 15 is 0 Å². The van der Waals surface area contributed by atoms with E-state index in [0.717, 1.165) is 19.4 Å². The molecule has 0 aromatic heterocycles. The Labute approximate surface area is 99.6 Å². The SMILES string of the molecule is C[C@@H]1CCC[C@H](C)N1CCCC(C)(N)C#N. The summed E-state index contributed by atoms with van der Waals surface area (Å²) in [5, 5.41) is 8.85. The van der Waals surface area contributed by atoms with Gasteiger partial charge in [-0.2, -0.15) is 5.26 Å². The molecule has 0 saturated carbocycles. The molecule has 92 valence electrons. The second-order valence-corrected chi connectivity index (χ2v) is 5.50. The van der Waals surface area contributed by atoms with Gasteiger partial charge in [0.15, 0.2) is 0 Å². The number of hydrogen-bond acceptors (Lipinski definition) is 3. The first-order valence-corrected chi connectivity index (χ1v) is 6.42. The minimum absolute atomic E-state index is 0.651. The Morgan fingerprint density at radius 3 is 2.44 bits per heavy atom. The number of nitriles is 1. The van der Waals surface area contributed by atoms with Crippen LogP contribution in [0.2, 0.25) is 0 Å². The third-order valence-corrected chi connectivity index (χ3v) is 3.74. The summed E-state index contributed by atoms with van der Waals surface area (Å²) >= 11 is 0. The highest BCUT2D eigenvalue weighted by atomic mass is 15.2. The van der Waals surface area contributed by atoms with Gasteiger partial charge in [-0.05, 0) is 53.0 Å². The molecule has 1 heterocycles. The van der Waals surface area contributed by atoms with Crippen LogP contribution >= 0.6 is 0 Å². The van der Waals surface area contributed by atoms with Crippen molar-refractivity contribution >= 4 is 0 Å². The fourth-order valence-corrected chi connectivity index (χ4v) is 2.60. The Balaban J connectivity index is 2.34. The molecule has 1 saturated heterocycles. The standard InChI is InChI=1S/C13H25N3/c1-11-6-4-7-12(2)16(11)9-5-8-13(3,15)10-14/h11-12H,4-9,15H2,1-3H3/t11-,12+,13?. The van der Waals surface area contributed by atoms with Crippen LogP contribution in [0.25, 0.3) is 0 Å². The molecular formula is C13H25N3. The Bertz CT molecular complexity index is 244. The van der Waals surface area contributed by atoms with Crippen LogP contribution in [0.15, 0.2) is 0 Å². The van der Waals surface area contributed by atoms with Crippen LogP contribution in [0.4, 0.5) is 0 Å². The Morgan fingerprint density at radius 2 is 1.94 bits per heavy atom. The zero-order valence-corrected chi connectivity index (χ0v) is 10.9. The monoisotopic (exact) mass is 223 g/mol. The summed E-state index contributed by atoms with van der Waals surface area (Å²) in [4.78, 5) is 2.57. The van der Waals surface area contributed by atoms with E-state index in [-0.39, 0.29) is 0 Å². The van der Waals surface area contributed by atoms with Crippen LogP contribution in [0.3, 0.4) is 0 Å². The van der Waals surface area contributed by atoms with Gasteiger partial charge < -0.3 is 5.73 Å². The molecule has 1 aliphatic rings. The summed E-state index contributed by atoms with van der Waals surface area (Å²) in [7, 11) is 0. The van der Waals surface area contributed by atoms with Crippen molar-refractivity contribution in [2.75, 3.05) is 6.54 Å². The zero-order chi connectivity index (χ0) is 12.2. The Hall–Kier alpha value is -0.590. The zero-order valence-electron chi connectivity index (χ0n) is 10.9. The average molecular weight is 223 g/mol. The molecular weight excluding hydrogens is 198 g/mol. The highest BCUT2D eigenvalue weighted by Gasteiger charge is 2.25. The van der Waals surface area contributed by atoms with Crippen LogP contribution in [0.1, 0.15) is 52.9 Å². The smallest absolute Gasteiger partial charge is 0.101 e. The Kier molecular flexibility index (Phi) is 4.76. The quantitative estimate of drug-likeness (QED) is 0.795. The van der Waals surface area contributed by atoms with Crippen molar-refractivity contribution in [1.29, 1.82) is 5.26 Å². The van der Waals surface area contributed by atoms with Crippen molar-refractivity contribution in [1.82, 2.24) is 4.90 Å². The summed E-state index contributed by atoms with van der Waals surface area (Å²) in [6.45, 7) is 7.51. The molecule has 0 spiro atoms. The van der Waals surface area contributed by atoms with Gasteiger partial charge in [-0.3, -0.25) is 4.90 Å². The maximum Gasteiger partial charge on any atom is 0.101 e. The average Bonchev–Trinajstić information content (AvgIpc) is 2.22. The lowest BCUT2D eigenvalue weighted by atomic mass is 9.95. The third-order valence-electron chi connectivity index (χ3n) is 3.74. The van der Waals surface area contributed by atoms with Gasteiger partial charge in [-0.15, -0.1) is 0 Å². The highest BCUT2D eigenvalue weighted by molar-refractivity contribution is 5.00. The summed E-state index contributed by atoms with van der Waals surface area (Å²) in [6, 6.07) is 3.54. The number of rotatable bonds is 4. The van der Waals surface area contributed by atoms with E-state index in [1.54, 1.807) is 0 Å². The lowest BCUT2D eigenvalue weighted by Crippen LogP contribution is -2.45. The Morgan fingerprint density at radius 1 is 1.38 bits per heavy atom. The maximum atomic E-state index is 8.85. The summed E-state index contributed by atoms with van der Waals surface area (Å²) in [6.07, 6.45) is 5.78. The fraction of sp³-hybridized carbons (Fsp3) is 0.923. The van der Waals surface area contributed by atoms with Gasteiger partial charge in [0.05, 0.1) is 6.07 Å². The topological polar surface area (TPSA) is 53.0 Å². The van der Waals surface area contributed by atoms with E-state index < -0.39 is 5.54 Å². The summed E-state index contributed by atoms with van der Waals surface area (Å²) in [5.74, 6) is 0. The van der Waals surface area contributed by atoms with Gasteiger partial charge in [-0.1, -0.05) is 6.42 Å². The van der Waals surface area contributed by atoms with Crippen LogP contribution in [-0.4, -0.2) is 29.1 Å². The summed E-state index contributed by atoms with van der Waals surface area (Å²) < 4.78 is 0. The van der Waals surface area contributed by atoms with E-state index in [9.17, 15) is 0 Å². The molecule has 1 rings (SSSR count). The van der Waals surface area contributed by atoms with E-state index in [0.29, 0.717) is 12.1 Å². The number of likely N-dealkylation sites (tertiary alicyclic amines) is 1.